The third kappa shape index (κ3) is 4.20. The molecular formula is C29H27N3O5. The van der Waals surface area contributed by atoms with Crippen LogP contribution in [0.15, 0.2) is 78.5 Å². The summed E-state index contributed by atoms with van der Waals surface area (Å²) in [5.41, 5.74) is 3.22. The molecule has 3 heterocycles. The van der Waals surface area contributed by atoms with Crippen molar-refractivity contribution in [2.24, 2.45) is 0 Å². The highest BCUT2D eigenvalue weighted by molar-refractivity contribution is 6.46. The largest absolute Gasteiger partial charge is 0.505 e. The van der Waals surface area contributed by atoms with E-state index in [1.54, 1.807) is 35.7 Å². The molecule has 0 spiro atoms. The third-order valence-electron chi connectivity index (χ3n) is 6.68. The van der Waals surface area contributed by atoms with Gasteiger partial charge >= 0.3 is 0 Å². The average molecular weight is 498 g/mol. The van der Waals surface area contributed by atoms with Crippen molar-refractivity contribution in [1.82, 2.24) is 14.3 Å². The first-order chi connectivity index (χ1) is 17.9. The van der Waals surface area contributed by atoms with Crippen LogP contribution in [-0.2, 0) is 16.0 Å². The number of methoxy groups -OCH3 is 2. The minimum absolute atomic E-state index is 0.0130. The molecule has 1 atom stereocenters. The maximum Gasteiger partial charge on any atom is 0.295 e. The van der Waals surface area contributed by atoms with Gasteiger partial charge in [-0.2, -0.15) is 0 Å². The van der Waals surface area contributed by atoms with E-state index in [9.17, 15) is 14.7 Å². The van der Waals surface area contributed by atoms with Crippen LogP contribution in [0.2, 0.25) is 0 Å². The first-order valence-electron chi connectivity index (χ1n) is 11.9. The molecule has 0 bridgehead atoms. The van der Waals surface area contributed by atoms with E-state index in [1.165, 1.54) is 19.1 Å². The van der Waals surface area contributed by atoms with Crippen molar-refractivity contribution < 1.29 is 24.2 Å². The Morgan fingerprint density at radius 2 is 1.70 bits per heavy atom. The van der Waals surface area contributed by atoms with E-state index < -0.39 is 17.7 Å². The molecule has 188 valence electrons. The fourth-order valence-corrected chi connectivity index (χ4v) is 4.90. The lowest BCUT2D eigenvalue weighted by atomic mass is 9.95. The Balaban J connectivity index is 1.68. The lowest BCUT2D eigenvalue weighted by Gasteiger charge is -2.26. The molecule has 2 aromatic heterocycles. The summed E-state index contributed by atoms with van der Waals surface area (Å²) < 4.78 is 12.6. The third-order valence-corrected chi connectivity index (χ3v) is 6.68. The molecule has 1 amide bonds. The molecule has 8 heteroatoms. The van der Waals surface area contributed by atoms with E-state index >= 15 is 0 Å². The molecule has 1 saturated heterocycles. The number of aliphatic hydroxyl groups is 1. The van der Waals surface area contributed by atoms with Gasteiger partial charge < -0.3 is 19.5 Å². The van der Waals surface area contributed by atoms with Gasteiger partial charge in [-0.1, -0.05) is 42.5 Å². The summed E-state index contributed by atoms with van der Waals surface area (Å²) in [7, 11) is 3.06. The van der Waals surface area contributed by atoms with Gasteiger partial charge in [0.1, 0.15) is 11.3 Å². The minimum atomic E-state index is -0.822. The van der Waals surface area contributed by atoms with Crippen LogP contribution in [0.1, 0.15) is 28.6 Å². The molecule has 1 fully saturated rings. The molecule has 4 aromatic rings. The van der Waals surface area contributed by atoms with Crippen LogP contribution in [-0.4, -0.2) is 51.8 Å². The molecule has 37 heavy (non-hydrogen) atoms. The Morgan fingerprint density at radius 1 is 0.973 bits per heavy atom. The van der Waals surface area contributed by atoms with E-state index in [1.807, 2.05) is 48.5 Å². The first-order valence-corrected chi connectivity index (χ1v) is 11.9. The number of Topliss-reactive ketones (excluding diaryl/α,β-unsaturated/α-hetero) is 1. The number of imidazole rings is 1. The summed E-state index contributed by atoms with van der Waals surface area (Å²) in [6.45, 7) is 2.05. The van der Waals surface area contributed by atoms with Gasteiger partial charge in [0.2, 0.25) is 0 Å². The summed E-state index contributed by atoms with van der Waals surface area (Å²) in [6.07, 6.45) is 2.31. The van der Waals surface area contributed by atoms with E-state index in [2.05, 4.69) is 4.98 Å². The van der Waals surface area contributed by atoms with Gasteiger partial charge in [0.25, 0.3) is 11.7 Å². The lowest BCUT2D eigenvalue weighted by molar-refractivity contribution is -0.139. The van der Waals surface area contributed by atoms with E-state index in [4.69, 9.17) is 9.47 Å². The molecular weight excluding hydrogens is 470 g/mol. The van der Waals surface area contributed by atoms with Crippen LogP contribution in [0.5, 0.6) is 11.5 Å². The molecule has 5 rings (SSSR count). The second kappa shape index (κ2) is 9.81. The fourth-order valence-electron chi connectivity index (χ4n) is 4.90. The molecule has 1 unspecified atom stereocenters. The number of hydrogen-bond acceptors (Lipinski definition) is 6. The Hall–Kier alpha value is -4.59. The van der Waals surface area contributed by atoms with Crippen molar-refractivity contribution in [2.75, 3.05) is 20.8 Å². The topological polar surface area (TPSA) is 93.4 Å². The molecule has 0 radical (unpaired) electrons. The summed E-state index contributed by atoms with van der Waals surface area (Å²) in [4.78, 5) is 32.9. The van der Waals surface area contributed by atoms with Crippen LogP contribution >= 0.6 is 0 Å². The van der Waals surface area contributed by atoms with E-state index in [0.29, 0.717) is 40.5 Å². The molecule has 1 aliphatic rings. The number of rotatable bonds is 7. The van der Waals surface area contributed by atoms with Crippen molar-refractivity contribution in [1.29, 1.82) is 0 Å². The Morgan fingerprint density at radius 3 is 2.43 bits per heavy atom. The number of aromatic nitrogens is 2. The zero-order chi connectivity index (χ0) is 26.1. The highest BCUT2D eigenvalue weighted by Crippen LogP contribution is 2.42. The van der Waals surface area contributed by atoms with Gasteiger partial charge in [-0.05, 0) is 48.7 Å². The summed E-state index contributed by atoms with van der Waals surface area (Å²) in [6, 6.07) is 19.6. The number of aryl methyl sites for hydroxylation is 1. The number of ketones is 1. The standard InChI is InChI=1S/C29H27N3O5/c1-18-25(31-15-8-7-11-23(31)30-18)27(33)24-26(20-12-13-21(36-2)22(17-20)37-3)32(29(35)28(24)34)16-14-19-9-5-4-6-10-19/h4-13,15,17,26,33H,14,16H2,1-3H3/b27-24+. The molecule has 0 aliphatic carbocycles. The average Bonchev–Trinajstić information content (AvgIpc) is 3.39. The summed E-state index contributed by atoms with van der Waals surface area (Å²) in [5.74, 6) is -0.694. The number of aliphatic hydroxyl groups excluding tert-OH is 1. The zero-order valence-electron chi connectivity index (χ0n) is 20.8. The predicted molar refractivity (Wildman–Crippen MR) is 139 cm³/mol. The second-order valence-electron chi connectivity index (χ2n) is 8.82. The number of likely N-dealkylation sites (tertiary alicyclic amines) is 1. The van der Waals surface area contributed by atoms with Crippen molar-refractivity contribution in [3.63, 3.8) is 0 Å². The minimum Gasteiger partial charge on any atom is -0.505 e. The number of benzene rings is 2. The highest BCUT2D eigenvalue weighted by atomic mass is 16.5. The van der Waals surface area contributed by atoms with Crippen LogP contribution in [0.25, 0.3) is 11.4 Å². The van der Waals surface area contributed by atoms with Crippen LogP contribution in [0.4, 0.5) is 0 Å². The molecule has 1 aliphatic heterocycles. The zero-order valence-corrected chi connectivity index (χ0v) is 20.8. The van der Waals surface area contributed by atoms with Crippen molar-refractivity contribution in [2.45, 2.75) is 19.4 Å². The molecule has 1 N–H and O–H groups in total. The second-order valence-corrected chi connectivity index (χ2v) is 8.82. The Kier molecular flexibility index (Phi) is 6.40. The molecule has 0 saturated carbocycles. The maximum absolute atomic E-state index is 13.5. The molecule has 8 nitrogen and oxygen atoms in total. The quantitative estimate of drug-likeness (QED) is 0.232. The van der Waals surface area contributed by atoms with E-state index in [-0.39, 0.29) is 17.9 Å². The van der Waals surface area contributed by atoms with Crippen molar-refractivity contribution >= 4 is 23.1 Å². The Labute approximate surface area is 214 Å². The predicted octanol–water partition coefficient (Wildman–Crippen LogP) is 4.32. The van der Waals surface area contributed by atoms with Crippen LogP contribution in [0, 0.1) is 6.92 Å². The number of hydrogen-bond donors (Lipinski definition) is 1. The number of ether oxygens (including phenoxy) is 2. The van der Waals surface area contributed by atoms with Crippen LogP contribution in [0.3, 0.4) is 0 Å². The monoisotopic (exact) mass is 497 g/mol. The number of pyridine rings is 1. The van der Waals surface area contributed by atoms with Gasteiger partial charge in [-0.3, -0.25) is 14.0 Å². The number of fused-ring (bicyclic) bond motifs is 1. The maximum atomic E-state index is 13.5. The van der Waals surface area contributed by atoms with Gasteiger partial charge in [0.15, 0.2) is 17.3 Å². The highest BCUT2D eigenvalue weighted by Gasteiger charge is 2.46. The van der Waals surface area contributed by atoms with Gasteiger partial charge in [0, 0.05) is 12.7 Å². The normalized spacial score (nSPS) is 16.9. The SMILES string of the molecule is COc1ccc(C2/C(=C(\O)c3c(C)nc4ccccn34)C(=O)C(=O)N2CCc2ccccc2)cc1OC. The van der Waals surface area contributed by atoms with E-state index in [0.717, 1.165) is 5.56 Å². The fraction of sp³-hybridized carbons (Fsp3) is 0.207. The number of carbonyl (C=O) groups excluding carboxylic acids is 2. The summed E-state index contributed by atoms with van der Waals surface area (Å²) >= 11 is 0. The van der Waals surface area contributed by atoms with Gasteiger partial charge in [0.05, 0.1) is 31.5 Å². The smallest absolute Gasteiger partial charge is 0.295 e. The van der Waals surface area contributed by atoms with Crippen molar-refractivity contribution in [3.05, 3.63) is 101 Å². The molecule has 2 aromatic carbocycles. The lowest BCUT2D eigenvalue weighted by Crippen LogP contribution is -2.31. The number of amides is 1. The number of nitrogens with zero attached hydrogens (tertiary/aromatic N) is 3. The van der Waals surface area contributed by atoms with Crippen LogP contribution < -0.4 is 9.47 Å². The van der Waals surface area contributed by atoms with Crippen molar-refractivity contribution in [3.8, 4) is 11.5 Å². The summed E-state index contributed by atoms with van der Waals surface area (Å²) in [5, 5.41) is 11.6. The van der Waals surface area contributed by atoms with Gasteiger partial charge in [-0.15, -0.1) is 0 Å². The first kappa shape index (κ1) is 24.1. The van der Waals surface area contributed by atoms with Gasteiger partial charge in [-0.25, -0.2) is 4.98 Å². The number of carbonyl (C=O) groups is 2. The Bertz CT molecular complexity index is 1520.